The Morgan fingerprint density at radius 2 is 1.90 bits per heavy atom. The van der Waals surface area contributed by atoms with Crippen molar-refractivity contribution in [1.29, 1.82) is 5.26 Å². The topological polar surface area (TPSA) is 111 Å². The molecule has 0 spiro atoms. The van der Waals surface area contributed by atoms with Crippen molar-refractivity contribution in [2.24, 2.45) is 0 Å². The molecule has 0 saturated heterocycles. The van der Waals surface area contributed by atoms with Crippen LogP contribution in [0.3, 0.4) is 0 Å². The summed E-state index contributed by atoms with van der Waals surface area (Å²) in [5, 5.41) is 9.09. The number of anilines is 2. The first-order valence-electron chi connectivity index (χ1n) is 5.76. The molecule has 2 rings (SSSR count). The van der Waals surface area contributed by atoms with Gasteiger partial charge in [-0.25, -0.2) is 13.8 Å². The van der Waals surface area contributed by atoms with Gasteiger partial charge in [0, 0.05) is 11.1 Å². The summed E-state index contributed by atoms with van der Waals surface area (Å²) in [5.41, 5.74) is 10.4. The molecule has 0 aliphatic rings. The molecule has 0 amide bonds. The maximum absolute atomic E-state index is 14.2. The van der Waals surface area contributed by atoms with Crippen molar-refractivity contribution in [1.82, 2.24) is 9.97 Å². The molecule has 1 aromatic heterocycles. The number of benzene rings is 1. The molecule has 0 saturated carbocycles. The third-order valence-corrected chi connectivity index (χ3v) is 2.94. The summed E-state index contributed by atoms with van der Waals surface area (Å²) in [7, 11) is 1.32. The van der Waals surface area contributed by atoms with E-state index >= 15 is 0 Å². The van der Waals surface area contributed by atoms with E-state index in [-0.39, 0.29) is 39.9 Å². The van der Waals surface area contributed by atoms with Crippen LogP contribution in [0, 0.1) is 29.9 Å². The number of ether oxygens (including phenoxy) is 1. The number of nitrogens with zero attached hydrogens (tertiary/aromatic N) is 3. The maximum Gasteiger partial charge on any atom is 0.222 e. The van der Waals surface area contributed by atoms with Gasteiger partial charge in [-0.1, -0.05) is 0 Å². The highest BCUT2D eigenvalue weighted by Crippen LogP contribution is 2.34. The molecule has 8 heteroatoms. The Kier molecular flexibility index (Phi) is 3.58. The lowest BCUT2D eigenvalue weighted by molar-refractivity contribution is 0.402. The van der Waals surface area contributed by atoms with Crippen LogP contribution >= 0.6 is 0 Å². The van der Waals surface area contributed by atoms with E-state index in [9.17, 15) is 8.78 Å². The average Bonchev–Trinajstić information content (AvgIpc) is 2.44. The number of halogens is 2. The minimum atomic E-state index is -1.16. The van der Waals surface area contributed by atoms with E-state index in [2.05, 4.69) is 9.97 Å². The number of rotatable bonds is 2. The molecular weight excluding hydrogens is 280 g/mol. The van der Waals surface area contributed by atoms with Gasteiger partial charge in [-0.3, -0.25) is 0 Å². The molecule has 108 valence electrons. The average molecular weight is 291 g/mol. The quantitative estimate of drug-likeness (QED) is 0.872. The van der Waals surface area contributed by atoms with Gasteiger partial charge < -0.3 is 16.2 Å². The van der Waals surface area contributed by atoms with Crippen molar-refractivity contribution in [2.75, 3.05) is 18.6 Å². The number of nitriles is 1. The number of aromatic nitrogens is 2. The highest BCUT2D eigenvalue weighted by atomic mass is 19.2. The zero-order valence-corrected chi connectivity index (χ0v) is 11.2. The summed E-state index contributed by atoms with van der Waals surface area (Å²) in [4.78, 5) is 7.40. The Bertz CT molecular complexity index is 770. The van der Waals surface area contributed by atoms with Gasteiger partial charge in [-0.05, 0) is 13.0 Å². The smallest absolute Gasteiger partial charge is 0.222 e. The third kappa shape index (κ3) is 2.29. The molecule has 0 aliphatic carbocycles. The second-order valence-electron chi connectivity index (χ2n) is 4.18. The molecule has 1 aromatic carbocycles. The van der Waals surface area contributed by atoms with E-state index in [4.69, 9.17) is 21.5 Å². The fourth-order valence-corrected chi connectivity index (χ4v) is 1.88. The standard InChI is InChI=1S/C13H11F2N5O/c1-5-8(21-2)3-6(10(15)9(5)14)11-7(4-16)12(17)20-13(18)19-11/h3H,1-2H3,(H4,17,18,19,20). The first kappa shape index (κ1) is 14.5. The van der Waals surface area contributed by atoms with E-state index in [0.29, 0.717) is 0 Å². The van der Waals surface area contributed by atoms with E-state index in [0.717, 1.165) is 0 Å². The van der Waals surface area contributed by atoms with E-state index in [1.165, 1.54) is 20.1 Å². The number of nitrogens with two attached hydrogens (primary N) is 2. The second-order valence-corrected chi connectivity index (χ2v) is 4.18. The summed E-state index contributed by atoms with van der Waals surface area (Å²) < 4.78 is 33.1. The van der Waals surface area contributed by atoms with Crippen LogP contribution in [-0.4, -0.2) is 17.1 Å². The van der Waals surface area contributed by atoms with E-state index < -0.39 is 11.6 Å². The highest BCUT2D eigenvalue weighted by Gasteiger charge is 2.22. The molecule has 0 fully saturated rings. The van der Waals surface area contributed by atoms with Crippen molar-refractivity contribution < 1.29 is 13.5 Å². The Balaban J connectivity index is 2.86. The molecule has 0 radical (unpaired) electrons. The molecule has 21 heavy (non-hydrogen) atoms. The molecule has 0 bridgehead atoms. The number of hydrogen-bond acceptors (Lipinski definition) is 6. The highest BCUT2D eigenvalue weighted by molar-refractivity contribution is 5.74. The Morgan fingerprint density at radius 1 is 1.24 bits per heavy atom. The van der Waals surface area contributed by atoms with Crippen molar-refractivity contribution in [3.8, 4) is 23.1 Å². The summed E-state index contributed by atoms with van der Waals surface area (Å²) in [6.45, 7) is 1.37. The van der Waals surface area contributed by atoms with Gasteiger partial charge in [0.1, 0.15) is 23.2 Å². The van der Waals surface area contributed by atoms with Crippen LogP contribution in [0.1, 0.15) is 11.1 Å². The van der Waals surface area contributed by atoms with Gasteiger partial charge in [0.05, 0.1) is 12.8 Å². The van der Waals surface area contributed by atoms with Crippen molar-refractivity contribution >= 4 is 11.8 Å². The first-order valence-corrected chi connectivity index (χ1v) is 5.76. The molecule has 6 nitrogen and oxygen atoms in total. The lowest BCUT2D eigenvalue weighted by atomic mass is 10.0. The Hall–Kier alpha value is -2.95. The summed E-state index contributed by atoms with van der Waals surface area (Å²) in [5.74, 6) is -2.60. The summed E-state index contributed by atoms with van der Waals surface area (Å²) in [6, 6.07) is 2.98. The minimum absolute atomic E-state index is 0.00672. The summed E-state index contributed by atoms with van der Waals surface area (Å²) >= 11 is 0. The first-order chi connectivity index (χ1) is 9.90. The molecule has 4 N–H and O–H groups in total. The molecule has 2 aromatic rings. The molecule has 1 heterocycles. The zero-order chi connectivity index (χ0) is 15.7. The van der Waals surface area contributed by atoms with Crippen molar-refractivity contribution in [2.45, 2.75) is 6.92 Å². The van der Waals surface area contributed by atoms with Gasteiger partial charge >= 0.3 is 0 Å². The molecule has 0 aliphatic heterocycles. The molecule has 0 atom stereocenters. The van der Waals surface area contributed by atoms with Crippen LogP contribution in [0.5, 0.6) is 5.75 Å². The fourth-order valence-electron chi connectivity index (χ4n) is 1.88. The van der Waals surface area contributed by atoms with Gasteiger partial charge in [0.2, 0.25) is 5.95 Å². The van der Waals surface area contributed by atoms with E-state index in [1.807, 2.05) is 0 Å². The zero-order valence-electron chi connectivity index (χ0n) is 11.2. The SMILES string of the molecule is COc1cc(-c2nc(N)nc(N)c2C#N)c(F)c(F)c1C. The fraction of sp³-hybridized carbons (Fsp3) is 0.154. The Morgan fingerprint density at radius 3 is 2.48 bits per heavy atom. The van der Waals surface area contributed by atoms with Crippen LogP contribution in [0.25, 0.3) is 11.3 Å². The monoisotopic (exact) mass is 291 g/mol. The predicted octanol–water partition coefficient (Wildman–Crippen LogP) is 1.77. The van der Waals surface area contributed by atoms with Gasteiger partial charge in [-0.15, -0.1) is 0 Å². The lowest BCUT2D eigenvalue weighted by Crippen LogP contribution is -2.07. The van der Waals surface area contributed by atoms with Gasteiger partial charge in [-0.2, -0.15) is 10.2 Å². The third-order valence-electron chi connectivity index (χ3n) is 2.94. The normalized spacial score (nSPS) is 10.2. The lowest BCUT2D eigenvalue weighted by Gasteiger charge is -2.12. The van der Waals surface area contributed by atoms with Crippen molar-refractivity contribution in [3.63, 3.8) is 0 Å². The maximum atomic E-state index is 14.2. The predicted molar refractivity (Wildman–Crippen MR) is 72.2 cm³/mol. The molecular formula is C13H11F2N5O. The van der Waals surface area contributed by atoms with Crippen LogP contribution in [0.15, 0.2) is 6.07 Å². The van der Waals surface area contributed by atoms with Crippen LogP contribution < -0.4 is 16.2 Å². The molecule has 0 unspecified atom stereocenters. The van der Waals surface area contributed by atoms with Crippen LogP contribution in [0.4, 0.5) is 20.5 Å². The number of methoxy groups -OCH3 is 1. The summed E-state index contributed by atoms with van der Waals surface area (Å²) in [6.07, 6.45) is 0. The Labute approximate surface area is 119 Å². The minimum Gasteiger partial charge on any atom is -0.496 e. The largest absolute Gasteiger partial charge is 0.496 e. The van der Waals surface area contributed by atoms with Gasteiger partial charge in [0.15, 0.2) is 11.6 Å². The van der Waals surface area contributed by atoms with E-state index in [1.54, 1.807) is 6.07 Å². The van der Waals surface area contributed by atoms with Crippen LogP contribution in [0.2, 0.25) is 0 Å². The van der Waals surface area contributed by atoms with Gasteiger partial charge in [0.25, 0.3) is 0 Å². The number of nitrogen functional groups attached to an aromatic ring is 2. The second kappa shape index (κ2) is 5.20. The van der Waals surface area contributed by atoms with Crippen LogP contribution in [-0.2, 0) is 0 Å². The number of hydrogen-bond donors (Lipinski definition) is 2. The van der Waals surface area contributed by atoms with Crippen molar-refractivity contribution in [3.05, 3.63) is 28.8 Å².